The fourth-order valence-corrected chi connectivity index (χ4v) is 4.89. The normalized spacial score (nSPS) is 24.0. The van der Waals surface area contributed by atoms with Crippen LogP contribution in [0, 0.1) is 6.92 Å². The number of carbonyl (C=O) groups excluding carboxylic acids is 2. The van der Waals surface area contributed by atoms with Gasteiger partial charge in [-0.15, -0.1) is 0 Å². The molecule has 0 spiro atoms. The van der Waals surface area contributed by atoms with E-state index in [2.05, 4.69) is 10.6 Å². The summed E-state index contributed by atoms with van der Waals surface area (Å²) in [7, 11) is 1.29. The van der Waals surface area contributed by atoms with Crippen LogP contribution in [0.1, 0.15) is 27.9 Å². The Balaban J connectivity index is 1.87. The molecule has 0 bridgehead atoms. The number of amides is 1. The lowest BCUT2D eigenvalue weighted by molar-refractivity contribution is -0.254. The number of esters is 1. The van der Waals surface area contributed by atoms with Crippen LogP contribution in [-0.2, 0) is 20.8 Å². The summed E-state index contributed by atoms with van der Waals surface area (Å²) in [4.78, 5) is 25.6. The molecule has 1 saturated heterocycles. The van der Waals surface area contributed by atoms with Gasteiger partial charge in [0.15, 0.2) is 6.29 Å². The van der Waals surface area contributed by atoms with Gasteiger partial charge >= 0.3 is 5.97 Å². The molecule has 1 amide bonds. The van der Waals surface area contributed by atoms with Crippen molar-refractivity contribution in [1.29, 1.82) is 0 Å². The first-order valence-electron chi connectivity index (χ1n) is 12.3. The molecule has 10 nitrogen and oxygen atoms in total. The molecule has 1 heterocycles. The minimum Gasteiger partial charge on any atom is -0.467 e. The van der Waals surface area contributed by atoms with E-state index in [1.165, 1.54) is 7.11 Å². The summed E-state index contributed by atoms with van der Waals surface area (Å²) in [6.45, 7) is 1.57. The molecule has 6 atom stereocenters. The molecule has 1 aliphatic heterocycles. The summed E-state index contributed by atoms with van der Waals surface area (Å²) in [6.07, 6.45) is -2.92. The first-order valence-corrected chi connectivity index (χ1v) is 13.7. The van der Waals surface area contributed by atoms with Crippen LogP contribution in [0.2, 0.25) is 0 Å². The summed E-state index contributed by atoms with van der Waals surface area (Å²) in [6, 6.07) is 11.0. The van der Waals surface area contributed by atoms with Gasteiger partial charge in [0, 0.05) is 12.1 Å². The number of nitrogens with one attached hydrogen (secondary N) is 2. The molecule has 4 unspecified atom stereocenters. The second kappa shape index (κ2) is 14.0. The molecule has 0 aromatic heterocycles. The van der Waals surface area contributed by atoms with Crippen LogP contribution in [-0.4, -0.2) is 94.7 Å². The van der Waals surface area contributed by atoms with Crippen LogP contribution in [0.5, 0.6) is 0 Å². The average molecular weight is 549 g/mol. The highest BCUT2D eigenvalue weighted by Gasteiger charge is 2.43. The average Bonchev–Trinajstić information content (AvgIpc) is 2.92. The monoisotopic (exact) mass is 548 g/mol. The summed E-state index contributed by atoms with van der Waals surface area (Å²) >= 11 is 1.56. The molecule has 6 N–H and O–H groups in total. The van der Waals surface area contributed by atoms with Crippen molar-refractivity contribution in [2.45, 2.75) is 56.6 Å². The van der Waals surface area contributed by atoms with Crippen molar-refractivity contribution < 1.29 is 39.5 Å². The zero-order valence-corrected chi connectivity index (χ0v) is 22.5. The lowest BCUT2D eigenvalue weighted by Gasteiger charge is -2.40. The van der Waals surface area contributed by atoms with E-state index in [9.17, 15) is 30.0 Å². The molecule has 208 valence electrons. The van der Waals surface area contributed by atoms with Gasteiger partial charge in [0.2, 0.25) is 0 Å². The number of ether oxygens (including phenoxy) is 2. The van der Waals surface area contributed by atoms with Gasteiger partial charge < -0.3 is 40.5 Å². The lowest BCUT2D eigenvalue weighted by atomic mass is 9.93. The molecular weight excluding hydrogens is 512 g/mol. The summed E-state index contributed by atoms with van der Waals surface area (Å²) in [5.74, 6) is -0.252. The summed E-state index contributed by atoms with van der Waals surface area (Å²) in [5.41, 5.74) is 3.55. The Kier molecular flexibility index (Phi) is 11.1. The highest BCUT2D eigenvalue weighted by molar-refractivity contribution is 7.98. The van der Waals surface area contributed by atoms with Gasteiger partial charge in [-0.1, -0.05) is 30.3 Å². The lowest BCUT2D eigenvalue weighted by Crippen LogP contribution is -2.63. The van der Waals surface area contributed by atoms with Gasteiger partial charge in [-0.05, 0) is 59.7 Å². The first-order chi connectivity index (χ1) is 18.2. The second-order valence-corrected chi connectivity index (χ2v) is 10.1. The number of rotatable bonds is 11. The van der Waals surface area contributed by atoms with Crippen molar-refractivity contribution in [3.63, 3.8) is 0 Å². The molecule has 0 radical (unpaired) electrons. The highest BCUT2D eigenvalue weighted by Crippen LogP contribution is 2.29. The SMILES string of the molecule is COC(=O)[C@H](CCSC)NC(=O)c1ccc(CNC2C(O)O[C@H](CO)C(O)C2O)cc1-c1ccccc1C. The third-order valence-electron chi connectivity index (χ3n) is 6.61. The molecule has 38 heavy (non-hydrogen) atoms. The largest absolute Gasteiger partial charge is 0.467 e. The fourth-order valence-electron chi connectivity index (χ4n) is 4.41. The van der Waals surface area contributed by atoms with Crippen molar-refractivity contribution in [1.82, 2.24) is 10.6 Å². The molecular formula is C27H36N2O8S. The third-order valence-corrected chi connectivity index (χ3v) is 7.25. The third kappa shape index (κ3) is 7.11. The van der Waals surface area contributed by atoms with E-state index < -0.39 is 55.2 Å². The Hall–Kier alpha value is -2.51. The van der Waals surface area contributed by atoms with Crippen molar-refractivity contribution in [3.8, 4) is 11.1 Å². The Labute approximate surface area is 226 Å². The van der Waals surface area contributed by atoms with E-state index in [0.29, 0.717) is 23.3 Å². The first kappa shape index (κ1) is 30.0. The summed E-state index contributed by atoms with van der Waals surface area (Å²) < 4.78 is 10.1. The predicted octanol–water partition coefficient (Wildman–Crippen LogP) is 0.576. The molecule has 3 rings (SSSR count). The van der Waals surface area contributed by atoms with E-state index in [1.54, 1.807) is 23.9 Å². The van der Waals surface area contributed by atoms with Gasteiger partial charge in [-0.3, -0.25) is 4.79 Å². The number of benzene rings is 2. The minimum atomic E-state index is -1.44. The van der Waals surface area contributed by atoms with E-state index >= 15 is 0 Å². The summed E-state index contributed by atoms with van der Waals surface area (Å²) in [5, 5.41) is 45.9. The van der Waals surface area contributed by atoms with Crippen molar-refractivity contribution in [3.05, 3.63) is 59.2 Å². The number of hydrogen-bond acceptors (Lipinski definition) is 10. The highest BCUT2D eigenvalue weighted by atomic mass is 32.2. The fraction of sp³-hybridized carbons (Fsp3) is 0.481. The van der Waals surface area contributed by atoms with Crippen LogP contribution in [0.4, 0.5) is 0 Å². The molecule has 0 saturated carbocycles. The Bertz CT molecular complexity index is 1100. The van der Waals surface area contributed by atoms with Crippen molar-refractivity contribution in [2.75, 3.05) is 25.7 Å². The zero-order chi connectivity index (χ0) is 27.8. The van der Waals surface area contributed by atoms with E-state index in [0.717, 1.165) is 16.7 Å². The van der Waals surface area contributed by atoms with E-state index in [1.807, 2.05) is 43.5 Å². The van der Waals surface area contributed by atoms with Gasteiger partial charge in [0.05, 0.1) is 19.8 Å². The van der Waals surface area contributed by atoms with Crippen LogP contribution in [0.3, 0.4) is 0 Å². The standard InChI is InChI=1S/C27H36N2O8S/c1-15-6-4-5-7-17(15)19-12-16(13-28-22-24(32)23(31)21(14-30)37-27(22)35)8-9-18(19)25(33)29-20(10-11-38-3)26(34)36-2/h4-9,12,20-24,27-28,30-32,35H,10-11,13-14H2,1-3H3,(H,29,33)/t20-,21+,22?,23?,24?,27?/m0/s1. The Morgan fingerprint density at radius 1 is 1.11 bits per heavy atom. The quantitative estimate of drug-likeness (QED) is 0.219. The van der Waals surface area contributed by atoms with Gasteiger partial charge in [0.25, 0.3) is 5.91 Å². The molecule has 2 aromatic carbocycles. The molecule has 0 aliphatic carbocycles. The van der Waals surface area contributed by atoms with Gasteiger partial charge in [0.1, 0.15) is 24.4 Å². The van der Waals surface area contributed by atoms with Crippen molar-refractivity contribution in [2.24, 2.45) is 0 Å². The minimum absolute atomic E-state index is 0.179. The number of hydrogen-bond donors (Lipinski definition) is 6. The molecule has 2 aromatic rings. The number of aryl methyl sites for hydroxylation is 1. The molecule has 1 fully saturated rings. The Morgan fingerprint density at radius 3 is 2.50 bits per heavy atom. The number of carbonyl (C=O) groups is 2. The Morgan fingerprint density at radius 2 is 1.84 bits per heavy atom. The topological polar surface area (TPSA) is 158 Å². The van der Waals surface area contributed by atoms with Crippen LogP contribution >= 0.6 is 11.8 Å². The molecule has 11 heteroatoms. The van der Waals surface area contributed by atoms with Crippen molar-refractivity contribution >= 4 is 23.6 Å². The van der Waals surface area contributed by atoms with E-state index in [-0.39, 0.29) is 6.54 Å². The maximum absolute atomic E-state index is 13.4. The van der Waals surface area contributed by atoms with Gasteiger partial charge in [-0.25, -0.2) is 4.79 Å². The zero-order valence-electron chi connectivity index (χ0n) is 21.7. The van der Waals surface area contributed by atoms with Gasteiger partial charge in [-0.2, -0.15) is 11.8 Å². The smallest absolute Gasteiger partial charge is 0.328 e. The number of aliphatic hydroxyl groups is 4. The number of thioether (sulfide) groups is 1. The van der Waals surface area contributed by atoms with Crippen LogP contribution in [0.25, 0.3) is 11.1 Å². The second-order valence-electron chi connectivity index (χ2n) is 9.16. The maximum Gasteiger partial charge on any atom is 0.328 e. The number of methoxy groups -OCH3 is 1. The number of aliphatic hydroxyl groups excluding tert-OH is 4. The van der Waals surface area contributed by atoms with Crippen LogP contribution < -0.4 is 10.6 Å². The van der Waals surface area contributed by atoms with Crippen LogP contribution in [0.15, 0.2) is 42.5 Å². The molecule has 1 aliphatic rings. The van der Waals surface area contributed by atoms with E-state index in [4.69, 9.17) is 9.47 Å². The predicted molar refractivity (Wildman–Crippen MR) is 143 cm³/mol. The maximum atomic E-state index is 13.4.